The minimum Gasteiger partial charge on any atom is -0.341 e. The summed E-state index contributed by atoms with van der Waals surface area (Å²) in [5, 5.41) is 0. The number of nitrogens with zero attached hydrogens (tertiary/aromatic N) is 4. The lowest BCUT2D eigenvalue weighted by Gasteiger charge is -2.34. The Morgan fingerprint density at radius 2 is 1.59 bits per heavy atom. The average Bonchev–Trinajstić information content (AvgIpc) is 2.77. The Hall–Kier alpha value is -3.22. The zero-order valence-corrected chi connectivity index (χ0v) is 16.9. The number of piperazine rings is 1. The van der Waals surface area contributed by atoms with Gasteiger partial charge in [-0.3, -0.25) is 19.4 Å². The van der Waals surface area contributed by atoms with Crippen LogP contribution in [0.3, 0.4) is 0 Å². The number of carbonyl (C=O) groups excluding carboxylic acids is 3. The zero-order valence-electron chi connectivity index (χ0n) is 16.9. The van der Waals surface area contributed by atoms with Gasteiger partial charge >= 0.3 is 0 Å². The predicted octanol–water partition coefficient (Wildman–Crippen LogP) is 1.70. The molecule has 0 aliphatic carbocycles. The van der Waals surface area contributed by atoms with Gasteiger partial charge in [0.2, 0.25) is 5.91 Å². The van der Waals surface area contributed by atoms with Gasteiger partial charge in [-0.1, -0.05) is 6.07 Å². The van der Waals surface area contributed by atoms with Gasteiger partial charge < -0.3 is 14.7 Å². The quantitative estimate of drug-likeness (QED) is 0.774. The molecule has 0 bridgehead atoms. The number of pyridine rings is 1. The Bertz CT molecular complexity index is 877. The molecule has 2 aromatic rings. The van der Waals surface area contributed by atoms with E-state index >= 15 is 0 Å². The number of rotatable bonds is 5. The van der Waals surface area contributed by atoms with E-state index in [1.807, 2.05) is 12.1 Å². The number of hydrogen-bond acceptors (Lipinski definition) is 4. The summed E-state index contributed by atoms with van der Waals surface area (Å²) in [6.45, 7) is 4.20. The first-order valence-electron chi connectivity index (χ1n) is 9.75. The van der Waals surface area contributed by atoms with Gasteiger partial charge in [-0.25, -0.2) is 0 Å². The van der Waals surface area contributed by atoms with Crippen LogP contribution in [0.25, 0.3) is 0 Å². The molecule has 1 aliphatic heterocycles. The molecule has 7 heteroatoms. The van der Waals surface area contributed by atoms with Crippen molar-refractivity contribution in [2.75, 3.05) is 39.8 Å². The number of hydrogen-bond donors (Lipinski definition) is 0. The fourth-order valence-electron chi connectivity index (χ4n) is 3.36. The molecule has 1 aliphatic rings. The highest BCUT2D eigenvalue weighted by Gasteiger charge is 2.24. The molecule has 0 N–H and O–H groups in total. The van der Waals surface area contributed by atoms with Crippen molar-refractivity contribution in [3.63, 3.8) is 0 Å². The third-order valence-corrected chi connectivity index (χ3v) is 5.20. The van der Waals surface area contributed by atoms with E-state index in [4.69, 9.17) is 0 Å². The second-order valence-corrected chi connectivity index (χ2v) is 7.21. The van der Waals surface area contributed by atoms with Crippen LogP contribution < -0.4 is 0 Å². The van der Waals surface area contributed by atoms with Gasteiger partial charge in [-0.15, -0.1) is 0 Å². The van der Waals surface area contributed by atoms with Gasteiger partial charge in [0.05, 0.1) is 0 Å². The summed E-state index contributed by atoms with van der Waals surface area (Å²) in [5.74, 6) is -0.197. The molecule has 0 radical (unpaired) electrons. The third-order valence-electron chi connectivity index (χ3n) is 5.20. The van der Waals surface area contributed by atoms with E-state index in [1.54, 1.807) is 58.4 Å². The van der Waals surface area contributed by atoms with Crippen LogP contribution in [0.4, 0.5) is 0 Å². The molecule has 152 valence electrons. The molecular weight excluding hydrogens is 368 g/mol. The van der Waals surface area contributed by atoms with Crippen molar-refractivity contribution >= 4 is 17.7 Å². The highest BCUT2D eigenvalue weighted by atomic mass is 16.2. The molecule has 3 rings (SSSR count). The summed E-state index contributed by atoms with van der Waals surface area (Å²) < 4.78 is 0. The van der Waals surface area contributed by atoms with E-state index in [0.717, 1.165) is 12.0 Å². The van der Waals surface area contributed by atoms with Crippen molar-refractivity contribution < 1.29 is 14.4 Å². The van der Waals surface area contributed by atoms with Crippen molar-refractivity contribution in [3.05, 3.63) is 65.5 Å². The van der Waals surface area contributed by atoms with Gasteiger partial charge in [0.15, 0.2) is 0 Å². The van der Waals surface area contributed by atoms with Crippen LogP contribution in [-0.2, 0) is 11.2 Å². The van der Waals surface area contributed by atoms with Gasteiger partial charge in [0.25, 0.3) is 11.8 Å². The molecule has 1 aromatic carbocycles. The number of aromatic nitrogens is 1. The number of carbonyl (C=O) groups is 3. The van der Waals surface area contributed by atoms with Crippen molar-refractivity contribution in [1.82, 2.24) is 19.7 Å². The van der Waals surface area contributed by atoms with Gasteiger partial charge in [-0.2, -0.15) is 0 Å². The second-order valence-electron chi connectivity index (χ2n) is 7.21. The molecule has 0 unspecified atom stereocenters. The molecule has 0 atom stereocenters. The van der Waals surface area contributed by atoms with Crippen LogP contribution in [0.5, 0.6) is 0 Å². The predicted molar refractivity (Wildman–Crippen MR) is 110 cm³/mol. The second kappa shape index (κ2) is 9.32. The largest absolute Gasteiger partial charge is 0.341 e. The Labute approximate surface area is 170 Å². The Balaban J connectivity index is 1.61. The smallest absolute Gasteiger partial charge is 0.253 e. The number of benzene rings is 1. The summed E-state index contributed by atoms with van der Waals surface area (Å²) >= 11 is 0. The highest BCUT2D eigenvalue weighted by Crippen LogP contribution is 2.13. The van der Waals surface area contributed by atoms with E-state index in [2.05, 4.69) is 4.98 Å². The lowest BCUT2D eigenvalue weighted by atomic mass is 10.1. The Morgan fingerprint density at radius 3 is 2.24 bits per heavy atom. The van der Waals surface area contributed by atoms with Crippen molar-refractivity contribution in [2.24, 2.45) is 0 Å². The molecule has 1 fully saturated rings. The molecule has 29 heavy (non-hydrogen) atoms. The molecule has 1 aromatic heterocycles. The normalized spacial score (nSPS) is 13.9. The first-order valence-corrected chi connectivity index (χ1v) is 9.75. The van der Waals surface area contributed by atoms with Crippen molar-refractivity contribution in [1.29, 1.82) is 0 Å². The minimum atomic E-state index is -0.116. The van der Waals surface area contributed by atoms with Crippen LogP contribution in [0, 0.1) is 0 Å². The van der Waals surface area contributed by atoms with Crippen molar-refractivity contribution in [2.45, 2.75) is 13.3 Å². The van der Waals surface area contributed by atoms with Gasteiger partial charge in [-0.05, 0) is 42.3 Å². The summed E-state index contributed by atoms with van der Waals surface area (Å²) in [6.07, 6.45) is 4.22. The molecule has 7 nitrogen and oxygen atoms in total. The summed E-state index contributed by atoms with van der Waals surface area (Å²) in [5.41, 5.74) is 2.11. The molecule has 2 heterocycles. The van der Waals surface area contributed by atoms with Crippen LogP contribution >= 0.6 is 0 Å². The average molecular weight is 394 g/mol. The lowest BCUT2D eigenvalue weighted by molar-refractivity contribution is -0.130. The van der Waals surface area contributed by atoms with Crippen LogP contribution in [0.2, 0.25) is 0 Å². The molecule has 0 saturated carbocycles. The van der Waals surface area contributed by atoms with Gasteiger partial charge in [0, 0.05) is 70.2 Å². The van der Waals surface area contributed by atoms with E-state index in [9.17, 15) is 14.4 Å². The fourth-order valence-corrected chi connectivity index (χ4v) is 3.36. The van der Waals surface area contributed by atoms with Crippen LogP contribution in [0.15, 0.2) is 48.8 Å². The lowest BCUT2D eigenvalue weighted by Crippen LogP contribution is -2.50. The molecule has 0 spiro atoms. The number of likely N-dealkylation sites (N-methyl/N-ethyl adjacent to an activating group) is 1. The minimum absolute atomic E-state index is 0.0273. The molecule has 1 saturated heterocycles. The van der Waals surface area contributed by atoms with E-state index < -0.39 is 0 Å². The summed E-state index contributed by atoms with van der Waals surface area (Å²) in [7, 11) is 1.76. The van der Waals surface area contributed by atoms with E-state index in [1.165, 1.54) is 6.92 Å². The molecule has 3 amide bonds. The topological polar surface area (TPSA) is 73.8 Å². The monoisotopic (exact) mass is 394 g/mol. The maximum Gasteiger partial charge on any atom is 0.253 e. The Morgan fingerprint density at radius 1 is 0.966 bits per heavy atom. The fraction of sp³-hybridized carbons (Fsp3) is 0.364. The maximum absolute atomic E-state index is 12.8. The standard InChI is InChI=1S/C22H26N4O3/c1-17(27)25-12-14-26(15-13-25)22(29)20-5-3-4-19(16-20)21(28)24(2)11-8-18-6-9-23-10-7-18/h3-7,9-10,16H,8,11-15H2,1-2H3. The van der Waals surface area contributed by atoms with Crippen molar-refractivity contribution in [3.8, 4) is 0 Å². The SMILES string of the molecule is CC(=O)N1CCN(C(=O)c2cccc(C(=O)N(C)CCc3ccncc3)c2)CC1. The highest BCUT2D eigenvalue weighted by molar-refractivity contribution is 5.99. The van der Waals surface area contributed by atoms with Crippen LogP contribution in [-0.4, -0.2) is 77.2 Å². The maximum atomic E-state index is 12.8. The first kappa shape index (κ1) is 20.5. The van der Waals surface area contributed by atoms with Gasteiger partial charge in [0.1, 0.15) is 0 Å². The van der Waals surface area contributed by atoms with Crippen LogP contribution in [0.1, 0.15) is 33.2 Å². The zero-order chi connectivity index (χ0) is 20.8. The van der Waals surface area contributed by atoms with E-state index in [0.29, 0.717) is 43.9 Å². The summed E-state index contributed by atoms with van der Waals surface area (Å²) in [4.78, 5) is 46.2. The summed E-state index contributed by atoms with van der Waals surface area (Å²) in [6, 6.07) is 10.7. The molecular formula is C22H26N4O3. The first-order chi connectivity index (χ1) is 14.0. The number of amides is 3. The Kier molecular flexibility index (Phi) is 6.59. The van der Waals surface area contributed by atoms with E-state index in [-0.39, 0.29) is 17.7 Å². The third kappa shape index (κ3) is 5.19.